The summed E-state index contributed by atoms with van der Waals surface area (Å²) in [4.78, 5) is 2.01. The first-order valence-electron chi connectivity index (χ1n) is 6.92. The Labute approximate surface area is 125 Å². The fraction of sp³-hybridized carbons (Fsp3) is 0.571. The molecule has 118 valence electrons. The monoisotopic (exact) mass is 315 g/mol. The average molecular weight is 315 g/mol. The van der Waals surface area contributed by atoms with Gasteiger partial charge in [-0.2, -0.15) is 4.31 Å². The van der Waals surface area contributed by atoms with Gasteiger partial charge in [0.1, 0.15) is 5.82 Å². The van der Waals surface area contributed by atoms with E-state index in [2.05, 4.69) is 0 Å². The van der Waals surface area contributed by atoms with Crippen molar-refractivity contribution in [1.82, 2.24) is 9.21 Å². The second-order valence-corrected chi connectivity index (χ2v) is 7.69. The normalized spacial score (nSPS) is 23.9. The third-order valence-corrected chi connectivity index (χ3v) is 5.98. The van der Waals surface area contributed by atoms with Crippen LogP contribution in [-0.2, 0) is 16.6 Å². The van der Waals surface area contributed by atoms with Crippen molar-refractivity contribution in [2.75, 3.05) is 27.2 Å². The summed E-state index contributed by atoms with van der Waals surface area (Å²) in [6, 6.07) is 3.89. The highest BCUT2D eigenvalue weighted by Crippen LogP contribution is 2.28. The number of nitrogens with two attached hydrogens (primary N) is 1. The number of rotatable bonds is 4. The Morgan fingerprint density at radius 1 is 1.38 bits per heavy atom. The topological polar surface area (TPSA) is 66.6 Å². The van der Waals surface area contributed by atoms with Gasteiger partial charge in [0.25, 0.3) is 0 Å². The van der Waals surface area contributed by atoms with Gasteiger partial charge >= 0.3 is 0 Å². The Kier molecular flexibility index (Phi) is 4.67. The molecule has 5 nitrogen and oxygen atoms in total. The Hall–Kier alpha value is -1.02. The number of nitrogens with zero attached hydrogens (tertiary/aromatic N) is 2. The van der Waals surface area contributed by atoms with Gasteiger partial charge in [0.2, 0.25) is 10.0 Å². The SMILES string of the molecule is CC1CN(S(=O)(=O)c2cc(F)ccc2CN)CC1N(C)C. The Morgan fingerprint density at radius 3 is 2.57 bits per heavy atom. The lowest BCUT2D eigenvalue weighted by molar-refractivity contribution is 0.263. The molecule has 0 spiro atoms. The van der Waals surface area contributed by atoms with E-state index < -0.39 is 15.8 Å². The summed E-state index contributed by atoms with van der Waals surface area (Å²) in [5, 5.41) is 0. The van der Waals surface area contributed by atoms with E-state index in [1.807, 2.05) is 25.9 Å². The molecule has 2 rings (SSSR count). The molecule has 2 N–H and O–H groups in total. The van der Waals surface area contributed by atoms with E-state index in [4.69, 9.17) is 5.73 Å². The summed E-state index contributed by atoms with van der Waals surface area (Å²) in [5.74, 6) is -0.341. The zero-order valence-electron chi connectivity index (χ0n) is 12.6. The predicted molar refractivity (Wildman–Crippen MR) is 79.7 cm³/mol. The van der Waals surface area contributed by atoms with E-state index in [-0.39, 0.29) is 23.4 Å². The predicted octanol–water partition coefficient (Wildman–Crippen LogP) is 0.855. The standard InChI is InChI=1S/C14H22FN3O2S/c1-10-8-18(9-13(10)17(2)3)21(19,20)14-6-12(15)5-4-11(14)7-16/h4-6,10,13H,7-9,16H2,1-3H3. The number of halogens is 1. The van der Waals surface area contributed by atoms with Crippen LogP contribution in [0.1, 0.15) is 12.5 Å². The minimum absolute atomic E-state index is 0.0170. The molecular formula is C14H22FN3O2S. The largest absolute Gasteiger partial charge is 0.326 e. The highest BCUT2D eigenvalue weighted by atomic mass is 32.2. The Balaban J connectivity index is 2.38. The summed E-state index contributed by atoms with van der Waals surface area (Å²) < 4.78 is 40.4. The Bertz CT molecular complexity index is 619. The maximum absolute atomic E-state index is 13.5. The molecule has 0 bridgehead atoms. The van der Waals surface area contributed by atoms with E-state index in [0.717, 1.165) is 6.07 Å². The van der Waals surface area contributed by atoms with Crippen LogP contribution in [0.25, 0.3) is 0 Å². The molecule has 2 unspecified atom stereocenters. The molecule has 0 radical (unpaired) electrons. The summed E-state index contributed by atoms with van der Waals surface area (Å²) in [7, 11) is 0.154. The van der Waals surface area contributed by atoms with Crippen LogP contribution in [0.2, 0.25) is 0 Å². The van der Waals surface area contributed by atoms with E-state index >= 15 is 0 Å². The molecule has 1 aromatic rings. The maximum atomic E-state index is 13.5. The van der Waals surface area contributed by atoms with Crippen LogP contribution >= 0.6 is 0 Å². The molecule has 1 aliphatic rings. The number of hydrogen-bond donors (Lipinski definition) is 1. The summed E-state index contributed by atoms with van der Waals surface area (Å²) in [5.41, 5.74) is 6.03. The molecule has 0 amide bonds. The van der Waals surface area contributed by atoms with Crippen molar-refractivity contribution < 1.29 is 12.8 Å². The van der Waals surface area contributed by atoms with Crippen LogP contribution in [0.5, 0.6) is 0 Å². The molecule has 1 saturated heterocycles. The minimum atomic E-state index is -3.72. The summed E-state index contributed by atoms with van der Waals surface area (Å²) >= 11 is 0. The zero-order valence-corrected chi connectivity index (χ0v) is 13.4. The zero-order chi connectivity index (χ0) is 15.8. The molecule has 7 heteroatoms. The molecule has 1 aliphatic heterocycles. The van der Waals surface area contributed by atoms with Crippen LogP contribution < -0.4 is 5.73 Å². The first kappa shape index (κ1) is 16.4. The van der Waals surface area contributed by atoms with Crippen molar-refractivity contribution in [2.24, 2.45) is 11.7 Å². The van der Waals surface area contributed by atoms with Crippen molar-refractivity contribution in [1.29, 1.82) is 0 Å². The van der Waals surface area contributed by atoms with E-state index in [1.54, 1.807) is 0 Å². The first-order chi connectivity index (χ1) is 9.77. The molecule has 1 aromatic carbocycles. The van der Waals surface area contributed by atoms with Crippen LogP contribution in [-0.4, -0.2) is 50.8 Å². The molecule has 21 heavy (non-hydrogen) atoms. The van der Waals surface area contributed by atoms with Crippen molar-refractivity contribution in [3.8, 4) is 0 Å². The van der Waals surface area contributed by atoms with Crippen LogP contribution in [0.4, 0.5) is 4.39 Å². The molecule has 0 aromatic heterocycles. The number of sulfonamides is 1. The molecule has 1 heterocycles. The lowest BCUT2D eigenvalue weighted by atomic mass is 10.1. The van der Waals surface area contributed by atoms with Crippen molar-refractivity contribution >= 4 is 10.0 Å². The van der Waals surface area contributed by atoms with Crippen LogP contribution in [0, 0.1) is 11.7 Å². The average Bonchev–Trinajstić information content (AvgIpc) is 2.81. The number of hydrogen-bond acceptors (Lipinski definition) is 4. The third kappa shape index (κ3) is 3.11. The number of likely N-dealkylation sites (N-methyl/N-ethyl adjacent to an activating group) is 1. The van der Waals surface area contributed by atoms with E-state index in [0.29, 0.717) is 18.7 Å². The lowest BCUT2D eigenvalue weighted by Gasteiger charge is -2.22. The lowest BCUT2D eigenvalue weighted by Crippen LogP contribution is -2.36. The summed E-state index contributed by atoms with van der Waals surface area (Å²) in [6.07, 6.45) is 0. The van der Waals surface area contributed by atoms with Gasteiger partial charge in [0.15, 0.2) is 0 Å². The van der Waals surface area contributed by atoms with Gasteiger partial charge < -0.3 is 10.6 Å². The fourth-order valence-electron chi connectivity index (χ4n) is 2.85. The molecular weight excluding hydrogens is 293 g/mol. The van der Waals surface area contributed by atoms with Gasteiger partial charge in [-0.25, -0.2) is 12.8 Å². The van der Waals surface area contributed by atoms with Gasteiger partial charge in [-0.3, -0.25) is 0 Å². The first-order valence-corrected chi connectivity index (χ1v) is 8.36. The van der Waals surface area contributed by atoms with Crippen LogP contribution in [0.3, 0.4) is 0 Å². The molecule has 0 aliphatic carbocycles. The quantitative estimate of drug-likeness (QED) is 0.895. The molecule has 2 atom stereocenters. The van der Waals surface area contributed by atoms with Crippen LogP contribution in [0.15, 0.2) is 23.1 Å². The molecule has 1 fully saturated rings. The van der Waals surface area contributed by atoms with Gasteiger partial charge in [-0.1, -0.05) is 13.0 Å². The van der Waals surface area contributed by atoms with E-state index in [1.165, 1.54) is 16.4 Å². The number of benzene rings is 1. The van der Waals surface area contributed by atoms with Gasteiger partial charge in [0.05, 0.1) is 4.90 Å². The highest BCUT2D eigenvalue weighted by Gasteiger charge is 2.38. The van der Waals surface area contributed by atoms with E-state index in [9.17, 15) is 12.8 Å². The summed E-state index contributed by atoms with van der Waals surface area (Å²) in [6.45, 7) is 2.94. The van der Waals surface area contributed by atoms with Crippen molar-refractivity contribution in [3.05, 3.63) is 29.6 Å². The van der Waals surface area contributed by atoms with Crippen molar-refractivity contribution in [2.45, 2.75) is 24.4 Å². The fourth-order valence-corrected chi connectivity index (χ4v) is 4.65. The Morgan fingerprint density at radius 2 is 2.05 bits per heavy atom. The second-order valence-electron chi connectivity index (χ2n) is 5.79. The third-order valence-electron chi connectivity index (χ3n) is 4.07. The smallest absolute Gasteiger partial charge is 0.243 e. The minimum Gasteiger partial charge on any atom is -0.326 e. The van der Waals surface area contributed by atoms with Gasteiger partial charge in [0, 0.05) is 25.7 Å². The highest BCUT2D eigenvalue weighted by molar-refractivity contribution is 7.89. The maximum Gasteiger partial charge on any atom is 0.243 e. The molecule has 0 saturated carbocycles. The second kappa shape index (κ2) is 6.00. The van der Waals surface area contributed by atoms with Crippen molar-refractivity contribution in [3.63, 3.8) is 0 Å². The van der Waals surface area contributed by atoms with Gasteiger partial charge in [-0.05, 0) is 37.7 Å². The van der Waals surface area contributed by atoms with Gasteiger partial charge in [-0.15, -0.1) is 0 Å².